The minimum absolute atomic E-state index is 0.0240. The summed E-state index contributed by atoms with van der Waals surface area (Å²) in [5.41, 5.74) is 0. The second kappa shape index (κ2) is 6.22. The Morgan fingerprint density at radius 3 is 2.95 bits per heavy atom. The molecule has 0 saturated carbocycles. The molecule has 1 aliphatic heterocycles. The fourth-order valence-corrected chi connectivity index (χ4v) is 3.76. The van der Waals surface area contributed by atoms with Gasteiger partial charge in [0.2, 0.25) is 5.91 Å². The number of nitrogens with one attached hydrogen (secondary N) is 1. The lowest BCUT2D eigenvalue weighted by molar-refractivity contribution is -0.132. The van der Waals surface area contributed by atoms with E-state index in [9.17, 15) is 4.79 Å². The zero-order chi connectivity index (χ0) is 14.8. The van der Waals surface area contributed by atoms with Crippen molar-refractivity contribution in [2.24, 2.45) is 0 Å². The van der Waals surface area contributed by atoms with Crippen molar-refractivity contribution < 1.29 is 9.21 Å². The highest BCUT2D eigenvalue weighted by Crippen LogP contribution is 2.32. The van der Waals surface area contributed by atoms with Gasteiger partial charge in [-0.25, -0.2) is 0 Å². The Morgan fingerprint density at radius 1 is 1.48 bits per heavy atom. The Morgan fingerprint density at radius 2 is 2.33 bits per heavy atom. The van der Waals surface area contributed by atoms with E-state index in [1.807, 2.05) is 31.3 Å². The van der Waals surface area contributed by atoms with Crippen molar-refractivity contribution in [3.8, 4) is 0 Å². The number of thiophene rings is 1. The molecule has 1 aliphatic rings. The molecular formula is C15H17ClN2O2S. The van der Waals surface area contributed by atoms with Gasteiger partial charge in [-0.05, 0) is 30.7 Å². The largest absolute Gasteiger partial charge is 0.467 e. The third-order valence-electron chi connectivity index (χ3n) is 3.74. The van der Waals surface area contributed by atoms with Crippen molar-refractivity contribution >= 4 is 28.8 Å². The van der Waals surface area contributed by atoms with Crippen molar-refractivity contribution in [2.45, 2.75) is 24.9 Å². The lowest BCUT2D eigenvalue weighted by Gasteiger charge is -2.32. The minimum Gasteiger partial charge on any atom is -0.467 e. The van der Waals surface area contributed by atoms with Crippen LogP contribution in [-0.2, 0) is 4.79 Å². The summed E-state index contributed by atoms with van der Waals surface area (Å²) in [5, 5.41) is 3.60. The molecule has 2 aromatic rings. The van der Waals surface area contributed by atoms with E-state index >= 15 is 0 Å². The van der Waals surface area contributed by atoms with E-state index in [0.29, 0.717) is 6.42 Å². The number of furan rings is 1. The fraction of sp³-hybridized carbons (Fsp3) is 0.400. The van der Waals surface area contributed by atoms with E-state index < -0.39 is 0 Å². The number of carbonyl (C=O) groups excluding carboxylic acids is 1. The Balaban J connectivity index is 1.79. The SMILES string of the molecule is CN1CC(NC(c2ccco2)c2ccc(Cl)s2)CCC1=O. The molecule has 1 fully saturated rings. The number of amides is 1. The second-order valence-corrected chi connectivity index (χ2v) is 7.01. The molecule has 0 radical (unpaired) electrons. The van der Waals surface area contributed by atoms with Crippen LogP contribution in [0.1, 0.15) is 29.5 Å². The topological polar surface area (TPSA) is 45.5 Å². The molecule has 4 nitrogen and oxygen atoms in total. The minimum atomic E-state index is -0.0240. The molecule has 2 unspecified atom stereocenters. The van der Waals surface area contributed by atoms with Crippen LogP contribution in [0, 0.1) is 0 Å². The van der Waals surface area contributed by atoms with Crippen LogP contribution in [0.5, 0.6) is 0 Å². The summed E-state index contributed by atoms with van der Waals surface area (Å²) in [6, 6.07) is 7.99. The first-order chi connectivity index (χ1) is 10.1. The lowest BCUT2D eigenvalue weighted by Crippen LogP contribution is -2.47. The first-order valence-corrected chi connectivity index (χ1v) is 8.11. The van der Waals surface area contributed by atoms with Crippen LogP contribution in [0.4, 0.5) is 0 Å². The lowest BCUT2D eigenvalue weighted by atomic mass is 10.0. The number of hydrogen-bond acceptors (Lipinski definition) is 4. The maximum Gasteiger partial charge on any atom is 0.222 e. The highest BCUT2D eigenvalue weighted by Gasteiger charge is 2.27. The maximum absolute atomic E-state index is 11.6. The predicted molar refractivity (Wildman–Crippen MR) is 83.7 cm³/mol. The molecule has 0 aliphatic carbocycles. The molecule has 1 N–H and O–H groups in total. The number of rotatable bonds is 4. The molecule has 2 atom stereocenters. The van der Waals surface area contributed by atoms with Crippen molar-refractivity contribution in [1.29, 1.82) is 0 Å². The Labute approximate surface area is 132 Å². The molecule has 6 heteroatoms. The molecule has 3 heterocycles. The van der Waals surface area contributed by atoms with Crippen LogP contribution in [0.2, 0.25) is 4.34 Å². The Hall–Kier alpha value is -1.30. The van der Waals surface area contributed by atoms with Crippen molar-refractivity contribution in [3.05, 3.63) is 45.5 Å². The summed E-state index contributed by atoms with van der Waals surface area (Å²) in [7, 11) is 1.85. The summed E-state index contributed by atoms with van der Waals surface area (Å²) in [6.07, 6.45) is 3.11. The van der Waals surface area contributed by atoms with Gasteiger partial charge in [0.05, 0.1) is 10.6 Å². The molecular weight excluding hydrogens is 308 g/mol. The van der Waals surface area contributed by atoms with Gasteiger partial charge in [-0.15, -0.1) is 11.3 Å². The molecule has 1 saturated heterocycles. The molecule has 3 rings (SSSR count). The van der Waals surface area contributed by atoms with Crippen LogP contribution >= 0.6 is 22.9 Å². The summed E-state index contributed by atoms with van der Waals surface area (Å²) in [6.45, 7) is 0.717. The van der Waals surface area contributed by atoms with Crippen molar-refractivity contribution in [2.75, 3.05) is 13.6 Å². The molecule has 0 spiro atoms. The highest BCUT2D eigenvalue weighted by molar-refractivity contribution is 7.16. The average Bonchev–Trinajstić information content (AvgIpc) is 3.11. The van der Waals surface area contributed by atoms with Crippen LogP contribution in [0.15, 0.2) is 34.9 Å². The number of likely N-dealkylation sites (tertiary alicyclic amines) is 1. The smallest absolute Gasteiger partial charge is 0.222 e. The van der Waals surface area contributed by atoms with Gasteiger partial charge in [0.1, 0.15) is 11.8 Å². The van der Waals surface area contributed by atoms with Gasteiger partial charge in [0.25, 0.3) is 0 Å². The molecule has 2 aromatic heterocycles. The number of nitrogens with zero attached hydrogens (tertiary/aromatic N) is 1. The Bertz CT molecular complexity index is 611. The Kier molecular flexibility index (Phi) is 4.33. The number of piperidine rings is 1. The van der Waals surface area contributed by atoms with E-state index in [2.05, 4.69) is 5.32 Å². The average molecular weight is 325 g/mol. The third-order valence-corrected chi connectivity index (χ3v) is 5.03. The van der Waals surface area contributed by atoms with Gasteiger partial charge in [-0.2, -0.15) is 0 Å². The zero-order valence-corrected chi connectivity index (χ0v) is 13.3. The second-order valence-electron chi connectivity index (χ2n) is 5.27. The summed E-state index contributed by atoms with van der Waals surface area (Å²) in [4.78, 5) is 14.5. The van der Waals surface area contributed by atoms with E-state index in [1.54, 1.807) is 22.5 Å². The summed E-state index contributed by atoms with van der Waals surface area (Å²) < 4.78 is 6.33. The van der Waals surface area contributed by atoms with E-state index in [1.165, 1.54) is 0 Å². The molecule has 21 heavy (non-hydrogen) atoms. The van der Waals surface area contributed by atoms with Gasteiger partial charge in [0, 0.05) is 30.9 Å². The quantitative estimate of drug-likeness (QED) is 0.938. The normalized spacial score (nSPS) is 20.8. The molecule has 0 aromatic carbocycles. The summed E-state index contributed by atoms with van der Waals surface area (Å²) >= 11 is 7.60. The summed E-state index contributed by atoms with van der Waals surface area (Å²) in [5.74, 6) is 1.08. The molecule has 1 amide bonds. The monoisotopic (exact) mass is 324 g/mol. The predicted octanol–water partition coefficient (Wildman–Crippen LogP) is 3.29. The van der Waals surface area contributed by atoms with Gasteiger partial charge in [-0.3, -0.25) is 10.1 Å². The zero-order valence-electron chi connectivity index (χ0n) is 11.7. The number of halogens is 1. The van der Waals surface area contributed by atoms with E-state index in [-0.39, 0.29) is 18.0 Å². The van der Waals surface area contributed by atoms with Gasteiger partial charge >= 0.3 is 0 Å². The molecule has 112 valence electrons. The van der Waals surface area contributed by atoms with Crippen LogP contribution in [-0.4, -0.2) is 30.4 Å². The number of hydrogen-bond donors (Lipinski definition) is 1. The molecule has 0 bridgehead atoms. The first-order valence-electron chi connectivity index (χ1n) is 6.92. The third kappa shape index (κ3) is 3.31. The van der Waals surface area contributed by atoms with Crippen LogP contribution in [0.25, 0.3) is 0 Å². The number of likely N-dealkylation sites (N-methyl/N-ethyl adjacent to an activating group) is 1. The highest BCUT2D eigenvalue weighted by atomic mass is 35.5. The van der Waals surface area contributed by atoms with Crippen LogP contribution in [0.3, 0.4) is 0 Å². The maximum atomic E-state index is 11.6. The van der Waals surface area contributed by atoms with Gasteiger partial charge in [-0.1, -0.05) is 11.6 Å². The van der Waals surface area contributed by atoms with Gasteiger partial charge < -0.3 is 9.32 Å². The number of carbonyl (C=O) groups is 1. The van der Waals surface area contributed by atoms with Crippen molar-refractivity contribution in [1.82, 2.24) is 10.2 Å². The first kappa shape index (κ1) is 14.6. The van der Waals surface area contributed by atoms with Crippen molar-refractivity contribution in [3.63, 3.8) is 0 Å². The van der Waals surface area contributed by atoms with Crippen LogP contribution < -0.4 is 5.32 Å². The standard InChI is InChI=1S/C15H17ClN2O2S/c1-18-9-10(4-7-14(18)19)17-15(11-3-2-8-20-11)12-5-6-13(16)21-12/h2-3,5-6,8,10,15,17H,4,7,9H2,1H3. The van der Waals surface area contributed by atoms with E-state index in [4.69, 9.17) is 16.0 Å². The van der Waals surface area contributed by atoms with E-state index in [0.717, 1.165) is 27.9 Å². The van der Waals surface area contributed by atoms with Gasteiger partial charge in [0.15, 0.2) is 0 Å². The fourth-order valence-electron chi connectivity index (χ4n) is 2.63.